The van der Waals surface area contributed by atoms with Gasteiger partial charge in [-0.2, -0.15) is 5.10 Å². The zero-order valence-electron chi connectivity index (χ0n) is 15.0. The smallest absolute Gasteiger partial charge is 0.323 e. The SMILES string of the molecule is CCc1nnc(CN(CC)C(=O)Nc2cc(-c3ccccn3)nn2C)o1. The molecule has 0 unspecified atom stereocenters. The van der Waals surface area contributed by atoms with Crippen molar-refractivity contribution in [3.63, 3.8) is 0 Å². The summed E-state index contributed by atoms with van der Waals surface area (Å²) >= 11 is 0. The topological polar surface area (TPSA) is 102 Å². The molecule has 3 aromatic heterocycles. The molecule has 136 valence electrons. The molecule has 0 radical (unpaired) electrons. The number of anilines is 1. The summed E-state index contributed by atoms with van der Waals surface area (Å²) in [5, 5.41) is 15.1. The number of carbonyl (C=O) groups is 1. The molecule has 0 aliphatic heterocycles. The number of urea groups is 1. The van der Waals surface area contributed by atoms with Gasteiger partial charge in [0.15, 0.2) is 0 Å². The molecule has 9 heteroatoms. The molecule has 3 aromatic rings. The van der Waals surface area contributed by atoms with Crippen molar-refractivity contribution in [2.24, 2.45) is 7.05 Å². The van der Waals surface area contributed by atoms with Crippen LogP contribution < -0.4 is 5.32 Å². The largest absolute Gasteiger partial charge is 0.423 e. The van der Waals surface area contributed by atoms with Gasteiger partial charge in [0.05, 0.1) is 5.69 Å². The molecule has 0 atom stereocenters. The summed E-state index contributed by atoms with van der Waals surface area (Å²) in [7, 11) is 1.77. The maximum absolute atomic E-state index is 12.6. The maximum Gasteiger partial charge on any atom is 0.323 e. The number of rotatable bonds is 6. The quantitative estimate of drug-likeness (QED) is 0.729. The third-order valence-corrected chi connectivity index (χ3v) is 3.85. The lowest BCUT2D eigenvalue weighted by Gasteiger charge is -2.19. The fraction of sp³-hybridized carbons (Fsp3) is 0.353. The molecule has 9 nitrogen and oxygen atoms in total. The number of nitrogens with one attached hydrogen (secondary N) is 1. The lowest BCUT2D eigenvalue weighted by molar-refractivity contribution is 0.205. The van der Waals surface area contributed by atoms with Crippen LogP contribution in [-0.4, -0.2) is 42.4 Å². The van der Waals surface area contributed by atoms with Gasteiger partial charge in [-0.1, -0.05) is 13.0 Å². The summed E-state index contributed by atoms with van der Waals surface area (Å²) in [5.41, 5.74) is 1.44. The van der Waals surface area contributed by atoms with E-state index in [-0.39, 0.29) is 12.6 Å². The van der Waals surface area contributed by atoms with Crippen molar-refractivity contribution >= 4 is 11.8 Å². The summed E-state index contributed by atoms with van der Waals surface area (Å²) in [6.45, 7) is 4.57. The Labute approximate surface area is 151 Å². The first-order valence-electron chi connectivity index (χ1n) is 8.43. The zero-order valence-corrected chi connectivity index (χ0v) is 15.0. The van der Waals surface area contributed by atoms with Crippen molar-refractivity contribution in [1.82, 2.24) is 29.9 Å². The second kappa shape index (κ2) is 7.77. The van der Waals surface area contributed by atoms with Gasteiger partial charge < -0.3 is 9.32 Å². The molecule has 1 N–H and O–H groups in total. The first-order valence-corrected chi connectivity index (χ1v) is 8.43. The summed E-state index contributed by atoms with van der Waals surface area (Å²) in [6.07, 6.45) is 2.37. The maximum atomic E-state index is 12.6. The Balaban J connectivity index is 1.70. The van der Waals surface area contributed by atoms with Crippen molar-refractivity contribution in [3.8, 4) is 11.4 Å². The van der Waals surface area contributed by atoms with Crippen molar-refractivity contribution in [3.05, 3.63) is 42.2 Å². The van der Waals surface area contributed by atoms with Gasteiger partial charge in [0.2, 0.25) is 11.8 Å². The van der Waals surface area contributed by atoms with Crippen LogP contribution >= 0.6 is 0 Å². The summed E-state index contributed by atoms with van der Waals surface area (Å²) in [5.74, 6) is 1.55. The van der Waals surface area contributed by atoms with Gasteiger partial charge >= 0.3 is 6.03 Å². The van der Waals surface area contributed by atoms with Gasteiger partial charge in [-0.05, 0) is 19.1 Å². The summed E-state index contributed by atoms with van der Waals surface area (Å²) in [4.78, 5) is 18.4. The number of hydrogen-bond donors (Lipinski definition) is 1. The first-order chi connectivity index (χ1) is 12.6. The van der Waals surface area contributed by atoms with Crippen LogP contribution in [0.4, 0.5) is 10.6 Å². The highest BCUT2D eigenvalue weighted by Gasteiger charge is 2.18. The fourth-order valence-electron chi connectivity index (χ4n) is 2.40. The molecule has 0 spiro atoms. The zero-order chi connectivity index (χ0) is 18.5. The van der Waals surface area contributed by atoms with E-state index in [4.69, 9.17) is 4.42 Å². The molecular weight excluding hydrogens is 334 g/mol. The van der Waals surface area contributed by atoms with Gasteiger partial charge in [0.1, 0.15) is 18.1 Å². The Kier molecular flexibility index (Phi) is 5.26. The van der Waals surface area contributed by atoms with Gasteiger partial charge in [-0.15, -0.1) is 10.2 Å². The van der Waals surface area contributed by atoms with Crippen LogP contribution in [0.2, 0.25) is 0 Å². The molecule has 0 aliphatic carbocycles. The lowest BCUT2D eigenvalue weighted by atomic mass is 10.3. The first kappa shape index (κ1) is 17.6. The van der Waals surface area contributed by atoms with Crippen molar-refractivity contribution in [2.45, 2.75) is 26.8 Å². The molecule has 3 heterocycles. The van der Waals surface area contributed by atoms with Crippen molar-refractivity contribution in [2.75, 3.05) is 11.9 Å². The van der Waals surface area contributed by atoms with E-state index in [0.717, 1.165) is 5.69 Å². The number of pyridine rings is 1. The number of hydrogen-bond acceptors (Lipinski definition) is 6. The van der Waals surface area contributed by atoms with E-state index in [1.165, 1.54) is 0 Å². The fourth-order valence-corrected chi connectivity index (χ4v) is 2.40. The molecule has 0 aliphatic rings. The number of amides is 2. The average Bonchev–Trinajstić information content (AvgIpc) is 3.27. The molecule has 0 saturated carbocycles. The Morgan fingerprint density at radius 2 is 2.04 bits per heavy atom. The predicted octanol–water partition coefficient (Wildman–Crippen LogP) is 2.48. The third kappa shape index (κ3) is 3.88. The van der Waals surface area contributed by atoms with Crippen LogP contribution in [0.1, 0.15) is 25.6 Å². The van der Waals surface area contributed by atoms with Crippen LogP contribution in [-0.2, 0) is 20.0 Å². The van der Waals surface area contributed by atoms with E-state index in [0.29, 0.717) is 36.3 Å². The van der Waals surface area contributed by atoms with Crippen molar-refractivity contribution in [1.29, 1.82) is 0 Å². The van der Waals surface area contributed by atoms with E-state index in [1.54, 1.807) is 28.9 Å². The minimum absolute atomic E-state index is 0.250. The van der Waals surface area contributed by atoms with Crippen LogP contribution in [0.25, 0.3) is 11.4 Å². The van der Waals surface area contributed by atoms with Crippen LogP contribution in [0.3, 0.4) is 0 Å². The van der Waals surface area contributed by atoms with E-state index in [9.17, 15) is 4.79 Å². The van der Waals surface area contributed by atoms with Gasteiger partial charge in [0, 0.05) is 32.3 Å². The summed E-state index contributed by atoms with van der Waals surface area (Å²) < 4.78 is 7.09. The molecule has 0 bridgehead atoms. The Bertz CT molecular complexity index is 872. The lowest BCUT2D eigenvalue weighted by Crippen LogP contribution is -2.34. The molecule has 0 fully saturated rings. The average molecular weight is 355 g/mol. The van der Waals surface area contributed by atoms with E-state index in [1.807, 2.05) is 32.0 Å². The Hall–Kier alpha value is -3.23. The van der Waals surface area contributed by atoms with E-state index < -0.39 is 0 Å². The second-order valence-electron chi connectivity index (χ2n) is 5.64. The Morgan fingerprint density at radius 1 is 1.23 bits per heavy atom. The number of nitrogens with zero attached hydrogens (tertiary/aromatic N) is 6. The van der Waals surface area contributed by atoms with Crippen molar-refractivity contribution < 1.29 is 9.21 Å². The minimum atomic E-state index is -0.265. The highest BCUT2D eigenvalue weighted by molar-refractivity contribution is 5.89. The monoisotopic (exact) mass is 355 g/mol. The van der Waals surface area contributed by atoms with E-state index in [2.05, 4.69) is 25.6 Å². The molecule has 3 rings (SSSR count). The molecule has 26 heavy (non-hydrogen) atoms. The second-order valence-corrected chi connectivity index (χ2v) is 5.64. The van der Waals surface area contributed by atoms with Crippen LogP contribution in [0, 0.1) is 0 Å². The number of aryl methyl sites for hydroxylation is 2. The minimum Gasteiger partial charge on any atom is -0.423 e. The standard InChI is InChI=1S/C17H21N7O2/c1-4-15-20-21-16(26-15)11-24(5-2)17(25)19-14-10-13(22-23(14)3)12-8-6-7-9-18-12/h6-10H,4-5,11H2,1-3H3,(H,19,25). The molecule has 2 amide bonds. The third-order valence-electron chi connectivity index (χ3n) is 3.85. The number of carbonyl (C=O) groups excluding carboxylic acids is 1. The predicted molar refractivity (Wildman–Crippen MR) is 95.2 cm³/mol. The van der Waals surface area contributed by atoms with Gasteiger partial charge in [0.25, 0.3) is 0 Å². The Morgan fingerprint density at radius 3 is 2.69 bits per heavy atom. The normalized spacial score (nSPS) is 10.7. The van der Waals surface area contributed by atoms with E-state index >= 15 is 0 Å². The highest BCUT2D eigenvalue weighted by Crippen LogP contribution is 2.19. The summed E-state index contributed by atoms with van der Waals surface area (Å²) in [6, 6.07) is 7.13. The highest BCUT2D eigenvalue weighted by atomic mass is 16.4. The van der Waals surface area contributed by atoms with Gasteiger partial charge in [-0.25, -0.2) is 4.79 Å². The number of aromatic nitrogens is 5. The van der Waals surface area contributed by atoms with Gasteiger partial charge in [-0.3, -0.25) is 15.0 Å². The van der Waals surface area contributed by atoms with Crippen LogP contribution in [0.5, 0.6) is 0 Å². The molecule has 0 saturated heterocycles. The molecular formula is C17H21N7O2. The molecule has 0 aromatic carbocycles. The van der Waals surface area contributed by atoms with Crippen LogP contribution in [0.15, 0.2) is 34.9 Å².